The van der Waals surface area contributed by atoms with Crippen LogP contribution in [0.15, 0.2) is 43.1 Å². The highest BCUT2D eigenvalue weighted by molar-refractivity contribution is 5.76. The van der Waals surface area contributed by atoms with E-state index in [4.69, 9.17) is 0 Å². The average Bonchev–Trinajstić information content (AvgIpc) is 2.68. The molecule has 1 atom stereocenters. The van der Waals surface area contributed by atoms with Gasteiger partial charge in [-0.3, -0.25) is 19.7 Å². The van der Waals surface area contributed by atoms with Crippen LogP contribution in [0.5, 0.6) is 0 Å². The van der Waals surface area contributed by atoms with E-state index in [1.54, 1.807) is 18.6 Å². The van der Waals surface area contributed by atoms with Gasteiger partial charge in [0.2, 0.25) is 5.91 Å². The Morgan fingerprint density at radius 3 is 2.92 bits per heavy atom. The summed E-state index contributed by atoms with van der Waals surface area (Å²) in [5.41, 5.74) is 2.16. The zero-order chi connectivity index (χ0) is 17.5. The summed E-state index contributed by atoms with van der Waals surface area (Å²) in [5.74, 6) is 0.533. The fourth-order valence-corrected chi connectivity index (χ4v) is 3.29. The van der Waals surface area contributed by atoms with Crippen molar-refractivity contribution in [2.45, 2.75) is 31.7 Å². The Hall–Kier alpha value is -2.34. The summed E-state index contributed by atoms with van der Waals surface area (Å²) in [5, 5.41) is 0. The van der Waals surface area contributed by atoms with Crippen LogP contribution in [0.4, 0.5) is 0 Å². The second-order valence-corrected chi connectivity index (χ2v) is 6.66. The number of likely N-dealkylation sites (tertiary alicyclic amines) is 1. The summed E-state index contributed by atoms with van der Waals surface area (Å²) in [6.45, 7) is 3.16. The molecular formula is C19H25N5O. The summed E-state index contributed by atoms with van der Waals surface area (Å²) in [7, 11) is 2.04. The Labute approximate surface area is 148 Å². The van der Waals surface area contributed by atoms with Crippen LogP contribution < -0.4 is 0 Å². The summed E-state index contributed by atoms with van der Waals surface area (Å²) in [6, 6.07) is 4.00. The van der Waals surface area contributed by atoms with Gasteiger partial charge in [0.25, 0.3) is 0 Å². The normalized spacial score (nSPS) is 17.7. The van der Waals surface area contributed by atoms with E-state index >= 15 is 0 Å². The molecule has 2 aromatic heterocycles. The second-order valence-electron chi connectivity index (χ2n) is 6.66. The van der Waals surface area contributed by atoms with Crippen LogP contribution in [-0.2, 0) is 11.3 Å². The fourth-order valence-electron chi connectivity index (χ4n) is 3.29. The van der Waals surface area contributed by atoms with Crippen LogP contribution in [0.1, 0.15) is 36.4 Å². The summed E-state index contributed by atoms with van der Waals surface area (Å²) < 4.78 is 0. The summed E-state index contributed by atoms with van der Waals surface area (Å²) in [6.07, 6.45) is 11.5. The largest absolute Gasteiger partial charge is 0.342 e. The lowest BCUT2D eigenvalue weighted by Gasteiger charge is -2.32. The first-order valence-electron chi connectivity index (χ1n) is 8.83. The molecule has 0 radical (unpaired) electrons. The van der Waals surface area contributed by atoms with Crippen LogP contribution in [0.2, 0.25) is 0 Å². The molecule has 132 valence electrons. The second kappa shape index (κ2) is 8.67. The van der Waals surface area contributed by atoms with E-state index in [-0.39, 0.29) is 5.91 Å². The number of pyridine rings is 1. The molecule has 0 unspecified atom stereocenters. The number of rotatable bonds is 6. The minimum atomic E-state index is 0.228. The van der Waals surface area contributed by atoms with Crippen molar-refractivity contribution >= 4 is 5.91 Å². The van der Waals surface area contributed by atoms with Crippen molar-refractivity contribution in [3.63, 3.8) is 0 Å². The molecule has 6 nitrogen and oxygen atoms in total. The molecule has 6 heteroatoms. The van der Waals surface area contributed by atoms with Gasteiger partial charge in [-0.05, 0) is 31.5 Å². The fraction of sp³-hybridized carbons (Fsp3) is 0.474. The van der Waals surface area contributed by atoms with Crippen LogP contribution in [0.3, 0.4) is 0 Å². The van der Waals surface area contributed by atoms with E-state index in [1.165, 1.54) is 0 Å². The highest BCUT2D eigenvalue weighted by Crippen LogP contribution is 2.25. The highest BCUT2D eigenvalue weighted by Gasteiger charge is 2.25. The van der Waals surface area contributed by atoms with E-state index in [0.29, 0.717) is 12.3 Å². The number of hydrogen-bond donors (Lipinski definition) is 0. The van der Waals surface area contributed by atoms with E-state index in [2.05, 4.69) is 25.9 Å². The molecule has 0 saturated carbocycles. The van der Waals surface area contributed by atoms with Gasteiger partial charge in [0.15, 0.2) is 0 Å². The van der Waals surface area contributed by atoms with Crippen molar-refractivity contribution in [1.82, 2.24) is 24.8 Å². The molecular weight excluding hydrogens is 314 g/mol. The number of nitrogens with zero attached hydrogens (tertiary/aromatic N) is 5. The Bertz CT molecular complexity index is 664. The molecule has 25 heavy (non-hydrogen) atoms. The van der Waals surface area contributed by atoms with Gasteiger partial charge in [0.05, 0.1) is 5.69 Å². The molecule has 1 fully saturated rings. The molecule has 1 aliphatic rings. The summed E-state index contributed by atoms with van der Waals surface area (Å²) >= 11 is 0. The van der Waals surface area contributed by atoms with Crippen molar-refractivity contribution in [2.24, 2.45) is 0 Å². The van der Waals surface area contributed by atoms with E-state index in [1.807, 2.05) is 30.4 Å². The standard InChI is InChI=1S/C19H25N5O/c1-23(14-16-4-2-7-20-12-16)11-6-19(25)24-10-3-5-17(15-24)18-13-21-8-9-22-18/h2,4,7-9,12-13,17H,3,5-6,10-11,14-15H2,1H3/t17-/m1/s1. The highest BCUT2D eigenvalue weighted by atomic mass is 16.2. The monoisotopic (exact) mass is 339 g/mol. The Morgan fingerprint density at radius 1 is 1.28 bits per heavy atom. The zero-order valence-electron chi connectivity index (χ0n) is 14.7. The minimum absolute atomic E-state index is 0.228. The third kappa shape index (κ3) is 5.06. The molecule has 0 spiro atoms. The molecule has 1 aliphatic heterocycles. The van der Waals surface area contributed by atoms with E-state index < -0.39 is 0 Å². The van der Waals surface area contributed by atoms with Gasteiger partial charge in [-0.15, -0.1) is 0 Å². The third-order valence-electron chi connectivity index (χ3n) is 4.66. The van der Waals surface area contributed by atoms with Gasteiger partial charge in [-0.25, -0.2) is 0 Å². The first-order chi connectivity index (χ1) is 12.2. The smallest absolute Gasteiger partial charge is 0.223 e. The summed E-state index contributed by atoms with van der Waals surface area (Å²) in [4.78, 5) is 29.4. The quantitative estimate of drug-likeness (QED) is 0.806. The number of aromatic nitrogens is 3. The minimum Gasteiger partial charge on any atom is -0.342 e. The van der Waals surface area contributed by atoms with Gasteiger partial charge >= 0.3 is 0 Å². The third-order valence-corrected chi connectivity index (χ3v) is 4.66. The van der Waals surface area contributed by atoms with Crippen LogP contribution >= 0.6 is 0 Å². The molecule has 1 amide bonds. The average molecular weight is 339 g/mol. The number of hydrogen-bond acceptors (Lipinski definition) is 5. The van der Waals surface area contributed by atoms with Gasteiger partial charge in [-0.2, -0.15) is 0 Å². The van der Waals surface area contributed by atoms with Crippen LogP contribution in [-0.4, -0.2) is 57.3 Å². The van der Waals surface area contributed by atoms with E-state index in [0.717, 1.165) is 50.3 Å². The van der Waals surface area contributed by atoms with Crippen molar-refractivity contribution < 1.29 is 4.79 Å². The SMILES string of the molecule is CN(CCC(=O)N1CCC[C@@H](c2cnccn2)C1)Cc1cccnc1. The van der Waals surface area contributed by atoms with Gasteiger partial charge < -0.3 is 9.80 Å². The van der Waals surface area contributed by atoms with Gasteiger partial charge in [0.1, 0.15) is 0 Å². The van der Waals surface area contributed by atoms with Crippen molar-refractivity contribution in [1.29, 1.82) is 0 Å². The molecule has 0 aliphatic carbocycles. The molecule has 0 N–H and O–H groups in total. The van der Waals surface area contributed by atoms with Crippen molar-refractivity contribution in [2.75, 3.05) is 26.7 Å². The van der Waals surface area contributed by atoms with Crippen LogP contribution in [0, 0.1) is 0 Å². The lowest BCUT2D eigenvalue weighted by Crippen LogP contribution is -2.40. The number of carbonyl (C=O) groups excluding carboxylic acids is 1. The van der Waals surface area contributed by atoms with Crippen LogP contribution in [0.25, 0.3) is 0 Å². The maximum atomic E-state index is 12.6. The number of amides is 1. The van der Waals surface area contributed by atoms with Gasteiger partial charge in [-0.1, -0.05) is 6.07 Å². The predicted molar refractivity (Wildman–Crippen MR) is 95.8 cm³/mol. The number of carbonyl (C=O) groups is 1. The molecule has 1 saturated heterocycles. The first kappa shape index (κ1) is 17.5. The zero-order valence-corrected chi connectivity index (χ0v) is 14.7. The molecule has 2 aromatic rings. The lowest BCUT2D eigenvalue weighted by atomic mass is 9.95. The Morgan fingerprint density at radius 2 is 2.16 bits per heavy atom. The maximum absolute atomic E-state index is 12.6. The molecule has 3 rings (SSSR count). The topological polar surface area (TPSA) is 62.2 Å². The Balaban J connectivity index is 1.47. The lowest BCUT2D eigenvalue weighted by molar-refractivity contribution is -0.132. The maximum Gasteiger partial charge on any atom is 0.223 e. The molecule has 0 bridgehead atoms. The molecule has 3 heterocycles. The molecule has 0 aromatic carbocycles. The first-order valence-corrected chi connectivity index (χ1v) is 8.83. The van der Waals surface area contributed by atoms with Crippen molar-refractivity contribution in [3.8, 4) is 0 Å². The van der Waals surface area contributed by atoms with E-state index in [9.17, 15) is 4.79 Å². The number of piperidine rings is 1. The predicted octanol–water partition coefficient (Wildman–Crippen LogP) is 2.10. The van der Waals surface area contributed by atoms with Crippen molar-refractivity contribution in [3.05, 3.63) is 54.4 Å². The van der Waals surface area contributed by atoms with Gasteiger partial charge in [0, 0.05) is 69.5 Å². The Kier molecular flexibility index (Phi) is 6.06.